The van der Waals surface area contributed by atoms with E-state index in [9.17, 15) is 0 Å². The zero-order valence-electron chi connectivity index (χ0n) is 36.9. The lowest BCUT2D eigenvalue weighted by molar-refractivity contribution is -0.137. The monoisotopic (exact) mass is 918 g/mol. The van der Waals surface area contributed by atoms with E-state index in [4.69, 9.17) is 0 Å². The van der Waals surface area contributed by atoms with Crippen LogP contribution in [0.1, 0.15) is 5.56 Å². The van der Waals surface area contributed by atoms with Crippen LogP contribution in [-0.4, -0.2) is 18.3 Å². The van der Waals surface area contributed by atoms with Gasteiger partial charge >= 0.3 is 6.18 Å². The minimum atomic E-state index is -4.82. The highest BCUT2D eigenvalue weighted by atomic mass is 19.4. The van der Waals surface area contributed by atoms with Crippen molar-refractivity contribution in [2.75, 3.05) is 0 Å². The van der Waals surface area contributed by atoms with E-state index in [2.05, 4.69) is 69.8 Å². The van der Waals surface area contributed by atoms with E-state index in [1.807, 2.05) is 130 Å². The Morgan fingerprint density at radius 2 is 0.586 bits per heavy atom. The first-order valence-electron chi connectivity index (χ1n) is 23.0. The summed E-state index contributed by atoms with van der Waals surface area (Å²) in [7, 11) is 0. The van der Waals surface area contributed by atoms with Crippen molar-refractivity contribution in [2.24, 2.45) is 0 Å². The maximum atomic E-state index is 15.7. The molecule has 0 saturated heterocycles. The fourth-order valence-electron chi connectivity index (χ4n) is 11.2. The van der Waals surface area contributed by atoms with Crippen molar-refractivity contribution in [3.63, 3.8) is 0 Å². The van der Waals surface area contributed by atoms with Crippen LogP contribution < -0.4 is 0 Å². The number of fused-ring (bicyclic) bond motifs is 12. The fraction of sp³-hybridized carbons (Fsp3) is 0.0164. The lowest BCUT2D eigenvalue weighted by Crippen LogP contribution is -2.11. The molecule has 14 aromatic rings. The van der Waals surface area contributed by atoms with Gasteiger partial charge in [-0.2, -0.15) is 13.2 Å². The van der Waals surface area contributed by atoms with Gasteiger partial charge in [0.15, 0.2) is 0 Å². The van der Waals surface area contributed by atoms with Crippen LogP contribution in [0.5, 0.6) is 0 Å². The molecule has 0 aliphatic carbocycles. The summed E-state index contributed by atoms with van der Waals surface area (Å²) in [5.74, 6) is -1.72. The van der Waals surface area contributed by atoms with E-state index in [0.717, 1.165) is 94.7 Å². The number of benzene rings is 10. The van der Waals surface area contributed by atoms with Gasteiger partial charge in [-0.25, -0.2) is 8.78 Å². The Morgan fingerprint density at radius 1 is 0.286 bits per heavy atom. The fourth-order valence-corrected chi connectivity index (χ4v) is 11.2. The van der Waals surface area contributed by atoms with E-state index in [1.165, 1.54) is 12.1 Å². The van der Waals surface area contributed by atoms with Gasteiger partial charge in [0.1, 0.15) is 11.6 Å². The predicted molar refractivity (Wildman–Crippen MR) is 274 cm³/mol. The first-order valence-corrected chi connectivity index (χ1v) is 23.0. The lowest BCUT2D eigenvalue weighted by atomic mass is 9.97. The summed E-state index contributed by atoms with van der Waals surface area (Å²) in [5.41, 5.74) is 7.87. The smallest absolute Gasteiger partial charge is 0.309 e. The first kappa shape index (κ1) is 40.1. The third-order valence-corrected chi connectivity index (χ3v) is 14.0. The van der Waals surface area contributed by atoms with Crippen LogP contribution >= 0.6 is 0 Å². The largest absolute Gasteiger partial charge is 0.416 e. The third kappa shape index (κ3) is 5.81. The maximum Gasteiger partial charge on any atom is 0.416 e. The minimum absolute atomic E-state index is 0.0805. The zero-order chi connectivity index (χ0) is 47.0. The second-order valence-electron chi connectivity index (χ2n) is 17.9. The molecule has 0 N–H and O–H groups in total. The van der Waals surface area contributed by atoms with E-state index in [-0.39, 0.29) is 22.5 Å². The molecule has 10 aromatic carbocycles. The van der Waals surface area contributed by atoms with Gasteiger partial charge in [0.2, 0.25) is 0 Å². The standard InChI is InChI=1S/C61H35F5N4/c62-38-29-36(30-39(63)33-38)60-58(69-54-23-11-5-17-46(54)48-34-40(25-27-56(48)69)67-50-19-7-1-13-42(50)43-14-2-8-20-51(43)67)31-37(61(64,65)66)32-59(60)70-55-24-12-6-18-47(55)49-35-41(26-28-57(49)70)68-52-21-9-3-15-44(52)45-16-4-10-22-53(45)68/h1-35H. The molecule has 0 fully saturated rings. The molecular formula is C61H35F5N4. The second-order valence-corrected chi connectivity index (χ2v) is 17.9. The Kier molecular flexibility index (Phi) is 8.47. The molecule has 0 radical (unpaired) electrons. The predicted octanol–water partition coefficient (Wildman–Crippen LogP) is 17.0. The van der Waals surface area contributed by atoms with E-state index < -0.39 is 23.4 Å². The molecule has 0 saturated carbocycles. The highest BCUT2D eigenvalue weighted by molar-refractivity contribution is 6.15. The van der Waals surface area contributed by atoms with Crippen molar-refractivity contribution >= 4 is 87.2 Å². The average molecular weight is 919 g/mol. The van der Waals surface area contributed by atoms with Gasteiger partial charge in [0.05, 0.1) is 61.1 Å². The minimum Gasteiger partial charge on any atom is -0.309 e. The second kappa shape index (κ2) is 14.8. The Labute approximate surface area is 395 Å². The molecule has 334 valence electrons. The number of alkyl halides is 3. The van der Waals surface area contributed by atoms with Crippen LogP contribution in [0.25, 0.3) is 121 Å². The molecule has 0 spiro atoms. The SMILES string of the molecule is Fc1cc(F)cc(-c2c(-n3c4ccccc4c4cc(-n5c6ccccc6c6ccccc65)ccc43)cc(C(F)(F)F)cc2-n2c3ccccc3c3cc(-n4c5ccccc5c5ccccc54)ccc32)c1. The van der Waals surface area contributed by atoms with Gasteiger partial charge in [-0.1, -0.05) is 109 Å². The Morgan fingerprint density at radius 3 is 0.929 bits per heavy atom. The normalized spacial score (nSPS) is 12.4. The number of para-hydroxylation sites is 6. The number of hydrogen-bond donors (Lipinski definition) is 0. The molecule has 4 aromatic heterocycles. The Bertz CT molecular complexity index is 4130. The van der Waals surface area contributed by atoms with Gasteiger partial charge in [0.25, 0.3) is 0 Å². The lowest BCUT2D eigenvalue weighted by Gasteiger charge is -2.23. The van der Waals surface area contributed by atoms with Gasteiger partial charge in [-0.3, -0.25) is 0 Å². The molecule has 0 amide bonds. The summed E-state index contributed by atoms with van der Waals surface area (Å²) in [6.45, 7) is 0. The highest BCUT2D eigenvalue weighted by Crippen LogP contribution is 2.47. The van der Waals surface area contributed by atoms with Crippen molar-refractivity contribution in [3.05, 3.63) is 230 Å². The molecule has 0 aliphatic heterocycles. The van der Waals surface area contributed by atoms with Crippen LogP contribution in [0.2, 0.25) is 0 Å². The molecule has 4 heterocycles. The van der Waals surface area contributed by atoms with Crippen LogP contribution in [0.4, 0.5) is 22.0 Å². The molecule has 4 nitrogen and oxygen atoms in total. The molecule has 0 atom stereocenters. The van der Waals surface area contributed by atoms with Crippen LogP contribution in [-0.2, 0) is 6.18 Å². The summed E-state index contributed by atoms with van der Waals surface area (Å²) in [6.07, 6.45) is -4.82. The van der Waals surface area contributed by atoms with E-state index in [0.29, 0.717) is 22.1 Å². The van der Waals surface area contributed by atoms with E-state index in [1.54, 1.807) is 0 Å². The van der Waals surface area contributed by atoms with Gasteiger partial charge in [-0.05, 0) is 103 Å². The third-order valence-electron chi connectivity index (χ3n) is 14.0. The number of hydrogen-bond acceptors (Lipinski definition) is 0. The quantitative estimate of drug-likeness (QED) is 0.153. The van der Waals surface area contributed by atoms with Crippen molar-refractivity contribution in [1.82, 2.24) is 18.3 Å². The Balaban J connectivity index is 1.09. The average Bonchev–Trinajstić information content (AvgIpc) is 4.10. The number of aromatic nitrogens is 4. The molecule has 9 heteroatoms. The number of nitrogens with zero attached hydrogens (tertiary/aromatic N) is 4. The molecule has 0 aliphatic rings. The van der Waals surface area contributed by atoms with Crippen LogP contribution in [0.15, 0.2) is 212 Å². The first-order chi connectivity index (χ1) is 34.2. The molecule has 70 heavy (non-hydrogen) atoms. The number of rotatable bonds is 5. The maximum absolute atomic E-state index is 15.7. The van der Waals surface area contributed by atoms with Crippen molar-refractivity contribution < 1.29 is 22.0 Å². The summed E-state index contributed by atoms with van der Waals surface area (Å²) in [6, 6.07) is 65.4. The zero-order valence-corrected chi connectivity index (χ0v) is 36.9. The van der Waals surface area contributed by atoms with E-state index >= 15 is 22.0 Å². The molecule has 14 rings (SSSR count). The molecule has 0 unspecified atom stereocenters. The topological polar surface area (TPSA) is 19.7 Å². The van der Waals surface area contributed by atoms with Crippen molar-refractivity contribution in [3.8, 4) is 33.9 Å². The van der Waals surface area contributed by atoms with Gasteiger partial charge in [0, 0.05) is 66.1 Å². The highest BCUT2D eigenvalue weighted by Gasteiger charge is 2.35. The van der Waals surface area contributed by atoms with Crippen molar-refractivity contribution in [2.45, 2.75) is 6.18 Å². The summed E-state index contributed by atoms with van der Waals surface area (Å²) >= 11 is 0. The summed E-state index contributed by atoms with van der Waals surface area (Å²) < 4.78 is 86.6. The van der Waals surface area contributed by atoms with Crippen molar-refractivity contribution in [1.29, 1.82) is 0 Å². The van der Waals surface area contributed by atoms with Gasteiger partial charge < -0.3 is 18.3 Å². The molecular weight excluding hydrogens is 884 g/mol. The Hall–Kier alpha value is -8.95. The number of halogens is 5. The van der Waals surface area contributed by atoms with Crippen LogP contribution in [0, 0.1) is 11.6 Å². The summed E-state index contributed by atoms with van der Waals surface area (Å²) in [5, 5.41) is 7.55. The molecule has 0 bridgehead atoms. The van der Waals surface area contributed by atoms with Gasteiger partial charge in [-0.15, -0.1) is 0 Å². The summed E-state index contributed by atoms with van der Waals surface area (Å²) in [4.78, 5) is 0. The van der Waals surface area contributed by atoms with Crippen LogP contribution in [0.3, 0.4) is 0 Å².